The van der Waals surface area contributed by atoms with E-state index in [9.17, 15) is 4.39 Å². The number of ether oxygens (including phenoxy) is 1. The quantitative estimate of drug-likeness (QED) is 0.879. The highest BCUT2D eigenvalue weighted by Gasteiger charge is 2.46. The Hall–Kier alpha value is -1.09. The molecule has 1 aliphatic carbocycles. The fraction of sp³-hybridized carbons (Fsp3) is 0.647. The largest absolute Gasteiger partial charge is 0.494 e. The third kappa shape index (κ3) is 2.56. The molecule has 0 radical (unpaired) electrons. The summed E-state index contributed by atoms with van der Waals surface area (Å²) in [6, 6.07) is 5.30. The minimum atomic E-state index is -0.602. The van der Waals surface area contributed by atoms with E-state index in [2.05, 4.69) is 20.8 Å². The van der Waals surface area contributed by atoms with E-state index in [0.717, 1.165) is 19.3 Å². The monoisotopic (exact) mass is 279 g/mol. The number of hydrogen-bond acceptors (Lipinski definition) is 2. The molecule has 0 aromatic heterocycles. The summed E-state index contributed by atoms with van der Waals surface area (Å²) < 4.78 is 19.8. The molecule has 2 N–H and O–H groups in total. The molecule has 2 nitrogen and oxygen atoms in total. The Kier molecular flexibility index (Phi) is 4.10. The molecule has 0 spiro atoms. The Morgan fingerprint density at radius 1 is 1.30 bits per heavy atom. The van der Waals surface area contributed by atoms with Gasteiger partial charge < -0.3 is 10.5 Å². The third-order valence-electron chi connectivity index (χ3n) is 4.69. The fourth-order valence-corrected chi connectivity index (χ4v) is 3.75. The number of halogens is 1. The SMILES string of the molecule is COc1cccc(C2(N)CCCCC2C(C)(C)C)c1F. The summed E-state index contributed by atoms with van der Waals surface area (Å²) in [5, 5.41) is 0. The van der Waals surface area contributed by atoms with Crippen molar-refractivity contribution in [2.75, 3.05) is 7.11 Å². The van der Waals surface area contributed by atoms with E-state index >= 15 is 0 Å². The van der Waals surface area contributed by atoms with Crippen molar-refractivity contribution in [3.05, 3.63) is 29.6 Å². The minimum Gasteiger partial charge on any atom is -0.494 e. The van der Waals surface area contributed by atoms with Crippen molar-refractivity contribution in [1.82, 2.24) is 0 Å². The van der Waals surface area contributed by atoms with E-state index in [1.54, 1.807) is 6.07 Å². The third-order valence-corrected chi connectivity index (χ3v) is 4.69. The number of nitrogens with two attached hydrogens (primary N) is 1. The fourth-order valence-electron chi connectivity index (χ4n) is 3.75. The van der Waals surface area contributed by atoms with Crippen LogP contribution in [0, 0.1) is 17.2 Å². The first-order chi connectivity index (χ1) is 9.30. The lowest BCUT2D eigenvalue weighted by Gasteiger charge is -2.48. The van der Waals surface area contributed by atoms with Crippen molar-refractivity contribution in [3.8, 4) is 5.75 Å². The predicted octanol–water partition coefficient (Wildman–Crippen LogP) is 4.22. The molecule has 2 unspecified atom stereocenters. The van der Waals surface area contributed by atoms with E-state index in [0.29, 0.717) is 5.56 Å². The highest BCUT2D eigenvalue weighted by atomic mass is 19.1. The zero-order valence-corrected chi connectivity index (χ0v) is 13.0. The van der Waals surface area contributed by atoms with Crippen LogP contribution in [-0.2, 0) is 5.54 Å². The van der Waals surface area contributed by atoms with Crippen LogP contribution in [0.5, 0.6) is 5.75 Å². The predicted molar refractivity (Wildman–Crippen MR) is 80.2 cm³/mol. The maximum absolute atomic E-state index is 14.7. The minimum absolute atomic E-state index is 0.0602. The number of benzene rings is 1. The Balaban J connectivity index is 2.52. The van der Waals surface area contributed by atoms with Gasteiger partial charge in [0.1, 0.15) is 0 Å². The molecule has 0 aliphatic heterocycles. The molecule has 2 atom stereocenters. The Morgan fingerprint density at radius 3 is 2.60 bits per heavy atom. The molecule has 1 saturated carbocycles. The summed E-state index contributed by atoms with van der Waals surface area (Å²) in [5.41, 5.74) is 6.81. The van der Waals surface area contributed by atoms with Crippen molar-refractivity contribution in [3.63, 3.8) is 0 Å². The van der Waals surface area contributed by atoms with E-state index in [1.807, 2.05) is 12.1 Å². The van der Waals surface area contributed by atoms with E-state index in [-0.39, 0.29) is 22.9 Å². The van der Waals surface area contributed by atoms with Crippen molar-refractivity contribution in [2.24, 2.45) is 17.1 Å². The zero-order chi connectivity index (χ0) is 15.0. The average Bonchev–Trinajstić information content (AvgIpc) is 2.38. The van der Waals surface area contributed by atoms with Crippen LogP contribution >= 0.6 is 0 Å². The smallest absolute Gasteiger partial charge is 0.170 e. The molecular formula is C17H26FNO. The summed E-state index contributed by atoms with van der Waals surface area (Å²) in [7, 11) is 1.49. The first kappa shape index (κ1) is 15.3. The Bertz CT molecular complexity index is 480. The molecule has 1 aromatic carbocycles. The lowest BCUT2D eigenvalue weighted by Crippen LogP contribution is -2.51. The summed E-state index contributed by atoms with van der Waals surface area (Å²) in [6.45, 7) is 6.59. The maximum atomic E-state index is 14.7. The first-order valence-electron chi connectivity index (χ1n) is 7.42. The molecule has 2 rings (SSSR count). The van der Waals surface area contributed by atoms with Gasteiger partial charge in [-0.15, -0.1) is 0 Å². The molecule has 0 amide bonds. The number of methoxy groups -OCH3 is 1. The standard InChI is InChI=1S/C17H26FNO/c1-16(2,3)14-10-5-6-11-17(14,19)12-8-7-9-13(20-4)15(12)18/h7-9,14H,5-6,10-11,19H2,1-4H3. The zero-order valence-electron chi connectivity index (χ0n) is 13.0. The van der Waals surface area contributed by atoms with Gasteiger partial charge in [0.15, 0.2) is 11.6 Å². The van der Waals surface area contributed by atoms with E-state index in [1.165, 1.54) is 13.5 Å². The van der Waals surface area contributed by atoms with E-state index in [4.69, 9.17) is 10.5 Å². The molecule has 1 fully saturated rings. The van der Waals surface area contributed by atoms with Crippen LogP contribution < -0.4 is 10.5 Å². The van der Waals surface area contributed by atoms with Crippen LogP contribution in [0.3, 0.4) is 0 Å². The lowest BCUT2D eigenvalue weighted by atomic mass is 9.60. The van der Waals surface area contributed by atoms with Gasteiger partial charge in [0, 0.05) is 11.1 Å². The average molecular weight is 279 g/mol. The summed E-state index contributed by atoms with van der Waals surface area (Å²) in [6.07, 6.45) is 4.11. The topological polar surface area (TPSA) is 35.2 Å². The van der Waals surface area contributed by atoms with Gasteiger partial charge in [-0.2, -0.15) is 0 Å². The van der Waals surface area contributed by atoms with Crippen LogP contribution in [0.4, 0.5) is 4.39 Å². The van der Waals surface area contributed by atoms with Gasteiger partial charge in [0.25, 0.3) is 0 Å². The molecule has 0 bridgehead atoms. The first-order valence-corrected chi connectivity index (χ1v) is 7.42. The van der Waals surface area contributed by atoms with Crippen LogP contribution in [0.15, 0.2) is 18.2 Å². The van der Waals surface area contributed by atoms with Crippen LogP contribution in [0.2, 0.25) is 0 Å². The second-order valence-corrected chi connectivity index (χ2v) is 7.03. The van der Waals surface area contributed by atoms with Crippen molar-refractivity contribution >= 4 is 0 Å². The molecule has 1 aromatic rings. The molecule has 1 aliphatic rings. The highest BCUT2D eigenvalue weighted by molar-refractivity contribution is 5.36. The van der Waals surface area contributed by atoms with Gasteiger partial charge in [-0.05, 0) is 30.2 Å². The van der Waals surface area contributed by atoms with Gasteiger partial charge in [0.05, 0.1) is 7.11 Å². The van der Waals surface area contributed by atoms with Gasteiger partial charge >= 0.3 is 0 Å². The van der Waals surface area contributed by atoms with Gasteiger partial charge in [-0.3, -0.25) is 0 Å². The van der Waals surface area contributed by atoms with Crippen LogP contribution in [-0.4, -0.2) is 7.11 Å². The van der Waals surface area contributed by atoms with Gasteiger partial charge in [-0.1, -0.05) is 45.7 Å². The molecule has 112 valence electrons. The second kappa shape index (κ2) is 5.36. The van der Waals surface area contributed by atoms with Crippen LogP contribution in [0.25, 0.3) is 0 Å². The van der Waals surface area contributed by atoms with Gasteiger partial charge in [0.2, 0.25) is 0 Å². The molecule has 0 saturated heterocycles. The summed E-state index contributed by atoms with van der Waals surface area (Å²) in [5.74, 6) is 0.254. The second-order valence-electron chi connectivity index (χ2n) is 7.03. The summed E-state index contributed by atoms with van der Waals surface area (Å²) in [4.78, 5) is 0. The Labute approximate surface area is 121 Å². The van der Waals surface area contributed by atoms with Crippen molar-refractivity contribution in [2.45, 2.75) is 52.0 Å². The highest BCUT2D eigenvalue weighted by Crippen LogP contribution is 2.49. The summed E-state index contributed by atoms with van der Waals surface area (Å²) >= 11 is 0. The number of rotatable bonds is 2. The van der Waals surface area contributed by atoms with Gasteiger partial charge in [-0.25, -0.2) is 4.39 Å². The molecule has 20 heavy (non-hydrogen) atoms. The Morgan fingerprint density at radius 2 is 2.00 bits per heavy atom. The van der Waals surface area contributed by atoms with E-state index < -0.39 is 5.54 Å². The molecular weight excluding hydrogens is 253 g/mol. The van der Waals surface area contributed by atoms with Crippen molar-refractivity contribution in [1.29, 1.82) is 0 Å². The van der Waals surface area contributed by atoms with Crippen molar-refractivity contribution < 1.29 is 9.13 Å². The number of hydrogen-bond donors (Lipinski definition) is 1. The lowest BCUT2D eigenvalue weighted by molar-refractivity contribution is 0.0748. The molecule has 3 heteroatoms. The van der Waals surface area contributed by atoms with Crippen LogP contribution in [0.1, 0.15) is 52.0 Å². The molecule has 0 heterocycles. The maximum Gasteiger partial charge on any atom is 0.170 e. The normalized spacial score (nSPS) is 27.4.